The Morgan fingerprint density at radius 3 is 2.86 bits per heavy atom. The molecule has 14 heavy (non-hydrogen) atoms. The van der Waals surface area contributed by atoms with E-state index in [0.717, 1.165) is 0 Å². The highest BCUT2D eigenvalue weighted by atomic mass is 16.2. The van der Waals surface area contributed by atoms with Gasteiger partial charge in [0.2, 0.25) is 6.41 Å². The first kappa shape index (κ1) is 9.97. The summed E-state index contributed by atoms with van der Waals surface area (Å²) in [6.07, 6.45) is 4.96. The summed E-state index contributed by atoms with van der Waals surface area (Å²) in [5, 5.41) is 2.40. The number of nitrogens with one attached hydrogen (secondary N) is 3. The molecule has 1 heterocycles. The van der Waals surface area contributed by atoms with Gasteiger partial charge in [-0.3, -0.25) is 14.6 Å². The van der Waals surface area contributed by atoms with Crippen LogP contribution in [-0.2, 0) is 4.79 Å². The van der Waals surface area contributed by atoms with Crippen LogP contribution in [0.2, 0.25) is 0 Å². The van der Waals surface area contributed by atoms with E-state index >= 15 is 0 Å². The molecule has 0 spiro atoms. The molecule has 0 aliphatic carbocycles. The normalized spacial score (nSPS) is 10.3. The molecule has 0 saturated carbocycles. The van der Waals surface area contributed by atoms with Crippen LogP contribution in [0.3, 0.4) is 0 Å². The van der Waals surface area contributed by atoms with E-state index in [1.807, 2.05) is 0 Å². The van der Waals surface area contributed by atoms with Crippen molar-refractivity contribution in [2.24, 2.45) is 0 Å². The summed E-state index contributed by atoms with van der Waals surface area (Å²) in [5.74, 6) is 0. The number of rotatable bonds is 4. The second kappa shape index (κ2) is 4.80. The summed E-state index contributed by atoms with van der Waals surface area (Å²) in [6.45, 7) is 0.335. The SMILES string of the molecule is O=CNC/C=C/c1c[nH]c(=O)[nH]c1=O. The Kier molecular flexibility index (Phi) is 3.42. The zero-order valence-electron chi connectivity index (χ0n) is 7.24. The number of carbonyl (C=O) groups excluding carboxylic acids is 1. The predicted octanol–water partition coefficient (Wildman–Crippen LogP) is -1.18. The van der Waals surface area contributed by atoms with Gasteiger partial charge in [-0.2, -0.15) is 0 Å². The highest BCUT2D eigenvalue weighted by molar-refractivity contribution is 5.49. The van der Waals surface area contributed by atoms with E-state index in [1.54, 1.807) is 6.08 Å². The maximum absolute atomic E-state index is 11.1. The quantitative estimate of drug-likeness (QED) is 0.417. The van der Waals surface area contributed by atoms with Gasteiger partial charge in [0.25, 0.3) is 5.56 Å². The Hall–Kier alpha value is -2.11. The van der Waals surface area contributed by atoms with E-state index in [1.165, 1.54) is 12.3 Å². The van der Waals surface area contributed by atoms with E-state index in [0.29, 0.717) is 18.5 Å². The minimum Gasteiger partial charge on any atom is -0.355 e. The lowest BCUT2D eigenvalue weighted by molar-refractivity contribution is -0.109. The Balaban J connectivity index is 2.77. The lowest BCUT2D eigenvalue weighted by Gasteiger charge is -1.91. The standard InChI is InChI=1S/C8H9N3O3/c12-5-9-3-1-2-6-4-10-8(14)11-7(6)13/h1-2,4-5H,3H2,(H,9,12)(H2,10,11,13,14)/b2-1+. The largest absolute Gasteiger partial charge is 0.355 e. The Morgan fingerprint density at radius 2 is 2.21 bits per heavy atom. The summed E-state index contributed by atoms with van der Waals surface area (Å²) in [7, 11) is 0. The van der Waals surface area contributed by atoms with Gasteiger partial charge in [0.15, 0.2) is 0 Å². The van der Waals surface area contributed by atoms with Crippen LogP contribution in [0.25, 0.3) is 6.08 Å². The van der Waals surface area contributed by atoms with Gasteiger partial charge in [0, 0.05) is 12.7 Å². The maximum Gasteiger partial charge on any atom is 0.325 e. The number of carbonyl (C=O) groups is 1. The van der Waals surface area contributed by atoms with E-state index in [-0.39, 0.29) is 0 Å². The lowest BCUT2D eigenvalue weighted by Crippen LogP contribution is -2.23. The van der Waals surface area contributed by atoms with Gasteiger partial charge in [0.05, 0.1) is 5.56 Å². The third-order valence-corrected chi connectivity index (χ3v) is 1.46. The van der Waals surface area contributed by atoms with Crippen molar-refractivity contribution in [1.82, 2.24) is 15.3 Å². The topological polar surface area (TPSA) is 94.8 Å². The van der Waals surface area contributed by atoms with Crippen molar-refractivity contribution in [2.45, 2.75) is 0 Å². The fraction of sp³-hybridized carbons (Fsp3) is 0.125. The summed E-state index contributed by atoms with van der Waals surface area (Å²) in [6, 6.07) is 0. The fourth-order valence-electron chi connectivity index (χ4n) is 0.846. The van der Waals surface area contributed by atoms with Crippen LogP contribution in [0.1, 0.15) is 5.56 Å². The van der Waals surface area contributed by atoms with Crippen molar-refractivity contribution >= 4 is 12.5 Å². The van der Waals surface area contributed by atoms with Gasteiger partial charge < -0.3 is 10.3 Å². The minimum absolute atomic E-state index is 0.331. The first-order valence-corrected chi connectivity index (χ1v) is 3.89. The van der Waals surface area contributed by atoms with Crippen LogP contribution in [0, 0.1) is 0 Å². The monoisotopic (exact) mass is 195 g/mol. The molecule has 6 heteroatoms. The zero-order valence-corrected chi connectivity index (χ0v) is 7.24. The van der Waals surface area contributed by atoms with Crippen LogP contribution in [0.5, 0.6) is 0 Å². The second-order valence-corrected chi connectivity index (χ2v) is 2.46. The molecule has 0 aromatic carbocycles. The van der Waals surface area contributed by atoms with Crippen molar-refractivity contribution in [1.29, 1.82) is 0 Å². The molecule has 1 aromatic rings. The molecule has 1 rings (SSSR count). The highest BCUT2D eigenvalue weighted by Gasteiger charge is 1.93. The van der Waals surface area contributed by atoms with Gasteiger partial charge in [-0.05, 0) is 0 Å². The molecule has 0 bridgehead atoms. The molecule has 6 nitrogen and oxygen atoms in total. The molecular weight excluding hydrogens is 186 g/mol. The molecular formula is C8H9N3O3. The van der Waals surface area contributed by atoms with Crippen LogP contribution in [0.4, 0.5) is 0 Å². The second-order valence-electron chi connectivity index (χ2n) is 2.46. The predicted molar refractivity (Wildman–Crippen MR) is 50.8 cm³/mol. The van der Waals surface area contributed by atoms with Crippen molar-refractivity contribution in [3.63, 3.8) is 0 Å². The molecule has 3 N–H and O–H groups in total. The van der Waals surface area contributed by atoms with Gasteiger partial charge in [-0.1, -0.05) is 12.2 Å². The van der Waals surface area contributed by atoms with Crippen molar-refractivity contribution < 1.29 is 4.79 Å². The highest BCUT2D eigenvalue weighted by Crippen LogP contribution is 1.87. The molecule has 0 aliphatic rings. The zero-order chi connectivity index (χ0) is 10.4. The number of aromatic amines is 2. The molecule has 0 saturated heterocycles. The molecule has 0 fully saturated rings. The third kappa shape index (κ3) is 2.74. The van der Waals surface area contributed by atoms with Crippen LogP contribution in [-0.4, -0.2) is 22.9 Å². The van der Waals surface area contributed by atoms with Crippen LogP contribution < -0.4 is 16.6 Å². The van der Waals surface area contributed by atoms with Crippen LogP contribution in [0.15, 0.2) is 21.9 Å². The molecule has 1 aromatic heterocycles. The minimum atomic E-state index is -0.543. The summed E-state index contributed by atoms with van der Waals surface area (Å²) < 4.78 is 0. The first-order valence-electron chi connectivity index (χ1n) is 3.89. The number of hydrogen-bond donors (Lipinski definition) is 3. The molecule has 74 valence electrons. The number of H-pyrrole nitrogens is 2. The Labute approximate surface area is 78.7 Å². The summed E-state index contributed by atoms with van der Waals surface area (Å²) >= 11 is 0. The van der Waals surface area contributed by atoms with Gasteiger partial charge in [0.1, 0.15) is 0 Å². The fourth-order valence-corrected chi connectivity index (χ4v) is 0.846. The number of aromatic nitrogens is 2. The third-order valence-electron chi connectivity index (χ3n) is 1.46. The van der Waals surface area contributed by atoms with Crippen molar-refractivity contribution in [3.05, 3.63) is 38.7 Å². The van der Waals surface area contributed by atoms with E-state index in [9.17, 15) is 14.4 Å². The number of amides is 1. The molecule has 0 aliphatic heterocycles. The van der Waals surface area contributed by atoms with Gasteiger partial charge in [-0.25, -0.2) is 4.79 Å². The van der Waals surface area contributed by atoms with E-state index in [2.05, 4.69) is 15.3 Å². The molecule has 0 atom stereocenters. The van der Waals surface area contributed by atoms with Gasteiger partial charge in [-0.15, -0.1) is 0 Å². The van der Waals surface area contributed by atoms with Crippen molar-refractivity contribution in [2.75, 3.05) is 6.54 Å². The Bertz CT molecular complexity index is 444. The summed E-state index contributed by atoms with van der Waals surface area (Å²) in [4.78, 5) is 36.0. The maximum atomic E-state index is 11.1. The lowest BCUT2D eigenvalue weighted by atomic mass is 10.3. The number of hydrogen-bond acceptors (Lipinski definition) is 3. The Morgan fingerprint density at radius 1 is 1.43 bits per heavy atom. The van der Waals surface area contributed by atoms with Gasteiger partial charge >= 0.3 is 5.69 Å². The molecule has 0 unspecified atom stereocenters. The average Bonchev–Trinajstić information content (AvgIpc) is 2.15. The van der Waals surface area contributed by atoms with Crippen LogP contribution >= 0.6 is 0 Å². The average molecular weight is 195 g/mol. The van der Waals surface area contributed by atoms with Crippen molar-refractivity contribution in [3.8, 4) is 0 Å². The molecule has 0 radical (unpaired) electrons. The smallest absolute Gasteiger partial charge is 0.325 e. The first-order chi connectivity index (χ1) is 6.74. The van der Waals surface area contributed by atoms with E-state index < -0.39 is 11.2 Å². The van der Waals surface area contributed by atoms with E-state index in [4.69, 9.17) is 0 Å². The molecule has 1 amide bonds. The summed E-state index contributed by atoms with van der Waals surface area (Å²) in [5.41, 5.74) is -0.674.